The van der Waals surface area contributed by atoms with Crippen LogP contribution in [0.4, 0.5) is 0 Å². The lowest BCUT2D eigenvalue weighted by molar-refractivity contribution is 1.63. The molecule has 0 aliphatic carbocycles. The fraction of sp³-hybridized carbons (Fsp3) is 0. The molecule has 0 amide bonds. The van der Waals surface area contributed by atoms with E-state index in [0.717, 1.165) is 0 Å². The lowest BCUT2D eigenvalue weighted by Crippen LogP contribution is -1.84. The quantitative estimate of drug-likeness (QED) is 0.270. The summed E-state index contributed by atoms with van der Waals surface area (Å²) < 4.78 is 1.30. The van der Waals surface area contributed by atoms with Crippen LogP contribution < -0.4 is 0 Å². The molecule has 0 fully saturated rings. The van der Waals surface area contributed by atoms with Crippen LogP contribution >= 0.6 is 22.6 Å². The highest BCUT2D eigenvalue weighted by atomic mass is 127. The fourth-order valence-corrected chi connectivity index (χ4v) is 3.61. The van der Waals surface area contributed by atoms with Crippen molar-refractivity contribution in [1.29, 1.82) is 0 Å². The van der Waals surface area contributed by atoms with E-state index in [1.165, 1.54) is 36.2 Å². The van der Waals surface area contributed by atoms with Gasteiger partial charge in [0.1, 0.15) is 0 Å². The molecule has 21 heavy (non-hydrogen) atoms. The summed E-state index contributed by atoms with van der Waals surface area (Å²) in [6.07, 6.45) is 0. The molecule has 0 saturated carbocycles. The molecule has 1 heteroatoms. The van der Waals surface area contributed by atoms with Crippen LogP contribution in [0.1, 0.15) is 0 Å². The van der Waals surface area contributed by atoms with Crippen molar-refractivity contribution in [1.82, 2.24) is 0 Å². The summed E-state index contributed by atoms with van der Waals surface area (Å²) in [5.74, 6) is 0. The van der Waals surface area contributed by atoms with Crippen molar-refractivity contribution in [3.05, 3.63) is 82.4 Å². The van der Waals surface area contributed by atoms with E-state index < -0.39 is 0 Å². The standard InChI is InChI=1S/C20H13I/c21-20-13-17(14-6-2-1-3-7-14)11-18-10-15-8-4-5-9-16(15)12-19(18)20/h1-13H. The van der Waals surface area contributed by atoms with Crippen LogP contribution in [0.25, 0.3) is 32.7 Å². The Morgan fingerprint density at radius 1 is 0.524 bits per heavy atom. The minimum absolute atomic E-state index is 1.27. The van der Waals surface area contributed by atoms with Gasteiger partial charge in [0.25, 0.3) is 0 Å². The van der Waals surface area contributed by atoms with Crippen molar-refractivity contribution >= 4 is 44.1 Å². The Balaban J connectivity index is 2.03. The normalized spacial score (nSPS) is 11.1. The van der Waals surface area contributed by atoms with Crippen LogP contribution in [0.15, 0.2) is 78.9 Å². The largest absolute Gasteiger partial charge is 0.0622 e. The number of hydrogen-bond donors (Lipinski definition) is 0. The first-order valence-corrected chi connectivity index (χ1v) is 8.07. The second kappa shape index (κ2) is 5.15. The molecular weight excluding hydrogens is 367 g/mol. The molecule has 0 bridgehead atoms. The highest BCUT2D eigenvalue weighted by Crippen LogP contribution is 2.31. The first-order valence-electron chi connectivity index (χ1n) is 6.99. The highest BCUT2D eigenvalue weighted by Gasteiger charge is 2.05. The van der Waals surface area contributed by atoms with Gasteiger partial charge >= 0.3 is 0 Å². The molecule has 0 aromatic heterocycles. The molecule has 0 radical (unpaired) electrons. The molecule has 4 aromatic carbocycles. The predicted octanol–water partition coefficient (Wildman–Crippen LogP) is 6.26. The van der Waals surface area contributed by atoms with Crippen LogP contribution in [0.5, 0.6) is 0 Å². The smallest absolute Gasteiger partial charge is 0.0215 e. The van der Waals surface area contributed by atoms with E-state index in [4.69, 9.17) is 0 Å². The van der Waals surface area contributed by atoms with Gasteiger partial charge < -0.3 is 0 Å². The molecular formula is C20H13I. The monoisotopic (exact) mass is 380 g/mol. The third-order valence-corrected chi connectivity index (χ3v) is 4.77. The molecule has 0 aliphatic rings. The van der Waals surface area contributed by atoms with Gasteiger partial charge in [0.2, 0.25) is 0 Å². The van der Waals surface area contributed by atoms with Crippen molar-refractivity contribution in [3.8, 4) is 11.1 Å². The maximum absolute atomic E-state index is 2.44. The first kappa shape index (κ1) is 12.8. The predicted molar refractivity (Wildman–Crippen MR) is 99.6 cm³/mol. The molecule has 0 heterocycles. The Bertz CT molecular complexity index is 940. The number of halogens is 1. The summed E-state index contributed by atoms with van der Waals surface area (Å²) in [7, 11) is 0. The average Bonchev–Trinajstić information content (AvgIpc) is 2.54. The van der Waals surface area contributed by atoms with E-state index in [0.29, 0.717) is 0 Å². The van der Waals surface area contributed by atoms with Crippen LogP contribution in [-0.4, -0.2) is 0 Å². The molecule has 0 saturated heterocycles. The summed E-state index contributed by atoms with van der Waals surface area (Å²) in [5, 5.41) is 5.23. The molecule has 100 valence electrons. The Labute approximate surface area is 137 Å². The van der Waals surface area contributed by atoms with E-state index in [1.807, 2.05) is 0 Å². The van der Waals surface area contributed by atoms with Crippen molar-refractivity contribution in [3.63, 3.8) is 0 Å². The van der Waals surface area contributed by atoms with Gasteiger partial charge in [0.15, 0.2) is 0 Å². The van der Waals surface area contributed by atoms with Gasteiger partial charge in [-0.3, -0.25) is 0 Å². The van der Waals surface area contributed by atoms with Crippen molar-refractivity contribution < 1.29 is 0 Å². The summed E-state index contributed by atoms with van der Waals surface area (Å²) in [6, 6.07) is 28.3. The van der Waals surface area contributed by atoms with E-state index in [1.54, 1.807) is 0 Å². The summed E-state index contributed by atoms with van der Waals surface area (Å²) in [6.45, 7) is 0. The zero-order valence-electron chi connectivity index (χ0n) is 11.4. The van der Waals surface area contributed by atoms with Gasteiger partial charge in [-0.25, -0.2) is 0 Å². The molecule has 4 rings (SSSR count). The lowest BCUT2D eigenvalue weighted by Gasteiger charge is -2.08. The van der Waals surface area contributed by atoms with E-state index >= 15 is 0 Å². The fourth-order valence-electron chi connectivity index (χ4n) is 2.80. The van der Waals surface area contributed by atoms with E-state index in [2.05, 4.69) is 101 Å². The van der Waals surface area contributed by atoms with Gasteiger partial charge in [-0.1, -0.05) is 54.6 Å². The molecule has 4 aromatic rings. The van der Waals surface area contributed by atoms with Gasteiger partial charge in [0, 0.05) is 3.57 Å². The topological polar surface area (TPSA) is 0 Å². The second-order valence-corrected chi connectivity index (χ2v) is 6.41. The third-order valence-electron chi connectivity index (χ3n) is 3.88. The molecule has 0 nitrogen and oxygen atoms in total. The van der Waals surface area contributed by atoms with E-state index in [-0.39, 0.29) is 0 Å². The summed E-state index contributed by atoms with van der Waals surface area (Å²) in [5.41, 5.74) is 2.55. The summed E-state index contributed by atoms with van der Waals surface area (Å²) >= 11 is 2.44. The Morgan fingerprint density at radius 3 is 1.95 bits per heavy atom. The third kappa shape index (κ3) is 2.32. The van der Waals surface area contributed by atoms with Crippen LogP contribution in [0.2, 0.25) is 0 Å². The zero-order chi connectivity index (χ0) is 14.2. The van der Waals surface area contributed by atoms with Gasteiger partial charge in [-0.15, -0.1) is 0 Å². The number of benzene rings is 4. The number of fused-ring (bicyclic) bond motifs is 2. The van der Waals surface area contributed by atoms with Gasteiger partial charge in [0.05, 0.1) is 0 Å². The van der Waals surface area contributed by atoms with Crippen LogP contribution in [-0.2, 0) is 0 Å². The summed E-state index contributed by atoms with van der Waals surface area (Å²) in [4.78, 5) is 0. The van der Waals surface area contributed by atoms with Crippen molar-refractivity contribution in [2.24, 2.45) is 0 Å². The Morgan fingerprint density at radius 2 is 1.19 bits per heavy atom. The van der Waals surface area contributed by atoms with E-state index in [9.17, 15) is 0 Å². The molecule has 0 N–H and O–H groups in total. The average molecular weight is 380 g/mol. The Kier molecular flexibility index (Phi) is 3.15. The minimum atomic E-state index is 1.27. The lowest BCUT2D eigenvalue weighted by atomic mass is 9.99. The SMILES string of the molecule is Ic1cc(-c2ccccc2)cc2cc3ccccc3cc12. The Hall–Kier alpha value is -1.87. The molecule has 0 aliphatic heterocycles. The molecule has 0 atom stereocenters. The maximum Gasteiger partial charge on any atom is 0.0215 e. The van der Waals surface area contributed by atoms with Crippen LogP contribution in [0.3, 0.4) is 0 Å². The first-order chi connectivity index (χ1) is 10.3. The van der Waals surface area contributed by atoms with Gasteiger partial charge in [-0.2, -0.15) is 0 Å². The number of rotatable bonds is 1. The molecule has 0 unspecified atom stereocenters. The van der Waals surface area contributed by atoms with Crippen molar-refractivity contribution in [2.75, 3.05) is 0 Å². The highest BCUT2D eigenvalue weighted by molar-refractivity contribution is 14.1. The van der Waals surface area contributed by atoms with Crippen molar-refractivity contribution in [2.45, 2.75) is 0 Å². The minimum Gasteiger partial charge on any atom is -0.0622 e. The zero-order valence-corrected chi connectivity index (χ0v) is 13.5. The van der Waals surface area contributed by atoms with Gasteiger partial charge in [-0.05, 0) is 79.5 Å². The second-order valence-electron chi connectivity index (χ2n) is 5.24. The van der Waals surface area contributed by atoms with Crippen LogP contribution in [0, 0.1) is 3.57 Å². The number of hydrogen-bond acceptors (Lipinski definition) is 0. The molecule has 0 spiro atoms. The maximum atomic E-state index is 2.44.